The summed E-state index contributed by atoms with van der Waals surface area (Å²) in [6, 6.07) is 0.301. The second-order valence-corrected chi connectivity index (χ2v) is 6.80. The summed E-state index contributed by atoms with van der Waals surface area (Å²) < 4.78 is 1.81. The zero-order chi connectivity index (χ0) is 16.2. The second kappa shape index (κ2) is 7.45. The van der Waals surface area contributed by atoms with E-state index in [0.29, 0.717) is 6.04 Å². The first-order valence-electron chi connectivity index (χ1n) is 8.93. The Bertz CT molecular complexity index is 522. The Morgan fingerprint density at radius 2 is 2.04 bits per heavy atom. The maximum atomic E-state index is 12.4. The van der Waals surface area contributed by atoms with Gasteiger partial charge >= 0.3 is 0 Å². The Morgan fingerprint density at radius 3 is 2.70 bits per heavy atom. The minimum Gasteiger partial charge on any atom is -0.391 e. The first-order valence-corrected chi connectivity index (χ1v) is 8.93. The van der Waals surface area contributed by atoms with Gasteiger partial charge in [0.2, 0.25) is 5.91 Å². The third kappa shape index (κ3) is 3.93. The molecule has 1 saturated carbocycles. The molecule has 1 amide bonds. The number of carbonyl (C=O) groups excluding carboxylic acids is 1. The third-order valence-electron chi connectivity index (χ3n) is 5.29. The molecule has 2 heterocycles. The number of aliphatic hydroxyl groups is 1. The van der Waals surface area contributed by atoms with E-state index < -0.39 is 0 Å². The molecule has 3 rings (SSSR count). The topological polar surface area (TPSA) is 70.4 Å². The van der Waals surface area contributed by atoms with Crippen LogP contribution in [0.3, 0.4) is 0 Å². The van der Waals surface area contributed by atoms with Crippen molar-refractivity contribution in [2.75, 3.05) is 18.4 Å². The normalized spacial score (nSPS) is 27.0. The number of aryl methyl sites for hydroxylation is 1. The lowest BCUT2D eigenvalue weighted by Crippen LogP contribution is -2.49. The van der Waals surface area contributed by atoms with Crippen molar-refractivity contribution in [3.63, 3.8) is 0 Å². The molecule has 128 valence electrons. The highest BCUT2D eigenvalue weighted by molar-refractivity contribution is 5.92. The molecule has 1 aliphatic carbocycles. The fourth-order valence-electron chi connectivity index (χ4n) is 3.86. The van der Waals surface area contributed by atoms with E-state index in [9.17, 15) is 9.90 Å². The number of hydrogen-bond acceptors (Lipinski definition) is 4. The van der Waals surface area contributed by atoms with Gasteiger partial charge in [0.1, 0.15) is 0 Å². The Labute approximate surface area is 137 Å². The Morgan fingerprint density at radius 1 is 1.30 bits per heavy atom. The molecule has 1 aliphatic heterocycles. The van der Waals surface area contributed by atoms with Crippen LogP contribution in [-0.4, -0.2) is 50.9 Å². The fraction of sp³-hybridized carbons (Fsp3) is 0.765. The van der Waals surface area contributed by atoms with Crippen molar-refractivity contribution in [3.05, 3.63) is 12.4 Å². The van der Waals surface area contributed by atoms with Crippen molar-refractivity contribution in [1.82, 2.24) is 14.7 Å². The molecular formula is C17H28N4O2. The van der Waals surface area contributed by atoms with Gasteiger partial charge < -0.3 is 10.4 Å². The summed E-state index contributed by atoms with van der Waals surface area (Å²) in [6.07, 6.45) is 9.49. The minimum absolute atomic E-state index is 0.0666. The lowest BCUT2D eigenvalue weighted by atomic mass is 9.88. The van der Waals surface area contributed by atoms with E-state index >= 15 is 0 Å². The Kier molecular flexibility index (Phi) is 5.33. The summed E-state index contributed by atoms with van der Waals surface area (Å²) in [6.45, 7) is 4.65. The minimum atomic E-state index is -0.186. The van der Waals surface area contributed by atoms with Crippen LogP contribution in [0, 0.1) is 5.92 Å². The Balaban J connectivity index is 1.49. The molecule has 0 aromatic carbocycles. The number of aliphatic hydroxyl groups excluding tert-OH is 1. The van der Waals surface area contributed by atoms with E-state index in [1.165, 1.54) is 6.42 Å². The monoisotopic (exact) mass is 320 g/mol. The predicted molar refractivity (Wildman–Crippen MR) is 89.1 cm³/mol. The lowest BCUT2D eigenvalue weighted by Gasteiger charge is -2.41. The molecule has 0 spiro atoms. The molecule has 1 aromatic rings. The fourth-order valence-corrected chi connectivity index (χ4v) is 3.86. The molecule has 2 aliphatic rings. The van der Waals surface area contributed by atoms with Crippen molar-refractivity contribution in [1.29, 1.82) is 0 Å². The summed E-state index contributed by atoms with van der Waals surface area (Å²) in [4.78, 5) is 14.8. The summed E-state index contributed by atoms with van der Waals surface area (Å²) in [7, 11) is 0. The Hall–Kier alpha value is -1.40. The molecule has 6 heteroatoms. The maximum Gasteiger partial charge on any atom is 0.227 e. The standard InChI is InChI=1S/C17H28N4O2/c1-2-21-12-14(11-18-21)19-17(23)13-7-9-20(10-8-13)15-5-3-4-6-16(15)22/h11-13,15-16,22H,2-10H2,1H3,(H,19,23). The number of nitrogens with zero attached hydrogens (tertiary/aromatic N) is 3. The van der Waals surface area contributed by atoms with Crippen molar-refractivity contribution >= 4 is 11.6 Å². The number of aromatic nitrogens is 2. The van der Waals surface area contributed by atoms with Gasteiger partial charge in [0.15, 0.2) is 0 Å². The van der Waals surface area contributed by atoms with Gasteiger partial charge in [-0.2, -0.15) is 5.10 Å². The number of piperidine rings is 1. The van der Waals surface area contributed by atoms with Crippen LogP contribution in [0.25, 0.3) is 0 Å². The maximum absolute atomic E-state index is 12.4. The lowest BCUT2D eigenvalue weighted by molar-refractivity contribution is -0.121. The average Bonchev–Trinajstić information content (AvgIpc) is 3.03. The van der Waals surface area contributed by atoms with Crippen LogP contribution in [0.5, 0.6) is 0 Å². The highest BCUT2D eigenvalue weighted by atomic mass is 16.3. The molecule has 23 heavy (non-hydrogen) atoms. The number of likely N-dealkylation sites (tertiary alicyclic amines) is 1. The number of carbonyl (C=O) groups is 1. The van der Waals surface area contributed by atoms with E-state index in [-0.39, 0.29) is 17.9 Å². The predicted octanol–water partition coefficient (Wildman–Crippen LogP) is 1.86. The molecule has 6 nitrogen and oxygen atoms in total. The van der Waals surface area contributed by atoms with E-state index in [2.05, 4.69) is 15.3 Å². The van der Waals surface area contributed by atoms with Gasteiger partial charge in [0, 0.05) is 24.7 Å². The second-order valence-electron chi connectivity index (χ2n) is 6.80. The van der Waals surface area contributed by atoms with Crippen molar-refractivity contribution in [3.8, 4) is 0 Å². The molecule has 2 unspecified atom stereocenters. The number of hydrogen-bond donors (Lipinski definition) is 2. The first-order chi connectivity index (χ1) is 11.2. The molecule has 2 atom stereocenters. The summed E-state index contributed by atoms with van der Waals surface area (Å²) >= 11 is 0. The average molecular weight is 320 g/mol. The number of anilines is 1. The van der Waals surface area contributed by atoms with E-state index in [0.717, 1.165) is 57.4 Å². The first kappa shape index (κ1) is 16.5. The van der Waals surface area contributed by atoms with Gasteiger partial charge in [-0.15, -0.1) is 0 Å². The van der Waals surface area contributed by atoms with Gasteiger partial charge in [0.05, 0.1) is 18.0 Å². The quantitative estimate of drug-likeness (QED) is 0.888. The van der Waals surface area contributed by atoms with Crippen molar-refractivity contribution < 1.29 is 9.90 Å². The van der Waals surface area contributed by atoms with Crippen LogP contribution in [-0.2, 0) is 11.3 Å². The highest BCUT2D eigenvalue weighted by Gasteiger charge is 2.33. The molecule has 2 N–H and O–H groups in total. The number of nitrogens with one attached hydrogen (secondary N) is 1. The molecular weight excluding hydrogens is 292 g/mol. The van der Waals surface area contributed by atoms with Gasteiger partial charge in [-0.1, -0.05) is 12.8 Å². The van der Waals surface area contributed by atoms with Crippen molar-refractivity contribution in [2.24, 2.45) is 5.92 Å². The molecule has 2 fully saturated rings. The summed E-state index contributed by atoms with van der Waals surface area (Å²) in [5, 5.41) is 17.3. The largest absolute Gasteiger partial charge is 0.391 e. The van der Waals surface area contributed by atoms with E-state index in [1.807, 2.05) is 17.8 Å². The van der Waals surface area contributed by atoms with Crippen LogP contribution in [0.2, 0.25) is 0 Å². The van der Waals surface area contributed by atoms with Crippen LogP contribution >= 0.6 is 0 Å². The summed E-state index contributed by atoms with van der Waals surface area (Å²) in [5.74, 6) is 0.168. The van der Waals surface area contributed by atoms with Crippen LogP contribution in [0.1, 0.15) is 45.4 Å². The van der Waals surface area contributed by atoms with Crippen LogP contribution < -0.4 is 5.32 Å². The number of rotatable bonds is 4. The van der Waals surface area contributed by atoms with Gasteiger partial charge in [-0.3, -0.25) is 14.4 Å². The zero-order valence-electron chi connectivity index (χ0n) is 13.9. The van der Waals surface area contributed by atoms with Crippen LogP contribution in [0.4, 0.5) is 5.69 Å². The van der Waals surface area contributed by atoms with E-state index in [4.69, 9.17) is 0 Å². The van der Waals surface area contributed by atoms with Gasteiger partial charge in [0.25, 0.3) is 0 Å². The van der Waals surface area contributed by atoms with Crippen LogP contribution in [0.15, 0.2) is 12.4 Å². The van der Waals surface area contributed by atoms with Crippen molar-refractivity contribution in [2.45, 2.75) is 64.1 Å². The SMILES string of the molecule is CCn1cc(NC(=O)C2CCN(C3CCCCC3O)CC2)cn1. The highest BCUT2D eigenvalue weighted by Crippen LogP contribution is 2.28. The summed E-state index contributed by atoms with van der Waals surface area (Å²) in [5.41, 5.74) is 0.780. The molecule has 1 saturated heterocycles. The molecule has 0 radical (unpaired) electrons. The molecule has 1 aromatic heterocycles. The zero-order valence-corrected chi connectivity index (χ0v) is 13.9. The van der Waals surface area contributed by atoms with Gasteiger partial charge in [-0.05, 0) is 45.7 Å². The molecule has 0 bridgehead atoms. The third-order valence-corrected chi connectivity index (χ3v) is 5.29. The van der Waals surface area contributed by atoms with E-state index in [1.54, 1.807) is 6.20 Å². The smallest absolute Gasteiger partial charge is 0.227 e. The number of amides is 1. The van der Waals surface area contributed by atoms with Gasteiger partial charge in [-0.25, -0.2) is 0 Å².